The summed E-state index contributed by atoms with van der Waals surface area (Å²) in [6.07, 6.45) is 3.27. The first-order valence-corrected chi connectivity index (χ1v) is 5.70. The third-order valence-electron chi connectivity index (χ3n) is 2.75. The van der Waals surface area contributed by atoms with Gasteiger partial charge in [0.1, 0.15) is 6.07 Å². The molecule has 0 radical (unpaired) electrons. The summed E-state index contributed by atoms with van der Waals surface area (Å²) in [4.78, 5) is 4.01. The molecular formula is C14H14N4. The smallest absolute Gasteiger partial charge is 0.101 e. The highest BCUT2D eigenvalue weighted by Gasteiger charge is 2.03. The molecule has 0 amide bonds. The van der Waals surface area contributed by atoms with Crippen molar-refractivity contribution in [3.63, 3.8) is 0 Å². The molecule has 3 N–H and O–H groups in total. The van der Waals surface area contributed by atoms with Gasteiger partial charge in [0, 0.05) is 19.3 Å². The molecule has 90 valence electrons. The maximum atomic E-state index is 8.98. The van der Waals surface area contributed by atoms with E-state index in [0.29, 0.717) is 18.7 Å². The van der Waals surface area contributed by atoms with Gasteiger partial charge in [0.15, 0.2) is 0 Å². The summed E-state index contributed by atoms with van der Waals surface area (Å²) < 4.78 is 0. The average Bonchev–Trinajstić information content (AvgIpc) is 2.45. The molecule has 0 atom stereocenters. The minimum absolute atomic E-state index is 0.510. The minimum Gasteiger partial charge on any atom is -0.379 e. The molecule has 2 aromatic rings. The van der Waals surface area contributed by atoms with Crippen molar-refractivity contribution < 1.29 is 0 Å². The van der Waals surface area contributed by atoms with Crippen LogP contribution in [0.15, 0.2) is 42.7 Å². The van der Waals surface area contributed by atoms with Crippen LogP contribution in [-0.2, 0) is 13.1 Å². The van der Waals surface area contributed by atoms with Gasteiger partial charge in [0.2, 0.25) is 0 Å². The van der Waals surface area contributed by atoms with Gasteiger partial charge in [-0.3, -0.25) is 4.98 Å². The highest BCUT2D eigenvalue weighted by molar-refractivity contribution is 5.55. The summed E-state index contributed by atoms with van der Waals surface area (Å²) in [5, 5.41) is 12.2. The zero-order chi connectivity index (χ0) is 12.8. The summed E-state index contributed by atoms with van der Waals surface area (Å²) in [7, 11) is 0. The van der Waals surface area contributed by atoms with Crippen LogP contribution in [0, 0.1) is 11.3 Å². The lowest BCUT2D eigenvalue weighted by atomic mass is 10.1. The highest BCUT2D eigenvalue weighted by atomic mass is 14.9. The van der Waals surface area contributed by atoms with E-state index in [9.17, 15) is 0 Å². The number of hydrogen-bond acceptors (Lipinski definition) is 4. The van der Waals surface area contributed by atoms with Crippen LogP contribution in [0.5, 0.6) is 0 Å². The van der Waals surface area contributed by atoms with E-state index in [4.69, 9.17) is 11.0 Å². The fraction of sp³-hybridized carbons (Fsp3) is 0.143. The van der Waals surface area contributed by atoms with Crippen LogP contribution < -0.4 is 11.1 Å². The standard InChI is InChI=1S/C14H14N4/c15-7-11-3-1-2-4-13(11)9-18-14-10-17-6-5-12(14)8-16/h1-6,10,18H,7,9,15H2. The van der Waals surface area contributed by atoms with Gasteiger partial charge in [-0.05, 0) is 17.2 Å². The summed E-state index contributed by atoms with van der Waals surface area (Å²) in [6, 6.07) is 11.8. The van der Waals surface area contributed by atoms with Crippen molar-refractivity contribution in [3.8, 4) is 6.07 Å². The van der Waals surface area contributed by atoms with Gasteiger partial charge >= 0.3 is 0 Å². The van der Waals surface area contributed by atoms with Gasteiger partial charge in [0.25, 0.3) is 0 Å². The topological polar surface area (TPSA) is 74.7 Å². The van der Waals surface area contributed by atoms with Crippen LogP contribution in [0.1, 0.15) is 16.7 Å². The predicted octanol–water partition coefficient (Wildman–Crippen LogP) is 2.02. The molecule has 4 heteroatoms. The van der Waals surface area contributed by atoms with Crippen molar-refractivity contribution in [1.29, 1.82) is 5.26 Å². The van der Waals surface area contributed by atoms with Crippen molar-refractivity contribution >= 4 is 5.69 Å². The van der Waals surface area contributed by atoms with E-state index < -0.39 is 0 Å². The maximum absolute atomic E-state index is 8.98. The number of aromatic nitrogens is 1. The summed E-state index contributed by atoms with van der Waals surface area (Å²) >= 11 is 0. The molecular weight excluding hydrogens is 224 g/mol. The Morgan fingerprint density at radius 2 is 2.00 bits per heavy atom. The number of pyridine rings is 1. The Morgan fingerprint density at radius 1 is 1.22 bits per heavy atom. The molecule has 0 aliphatic carbocycles. The molecule has 0 unspecified atom stereocenters. The summed E-state index contributed by atoms with van der Waals surface area (Å²) in [6.45, 7) is 1.14. The fourth-order valence-electron chi connectivity index (χ4n) is 1.75. The average molecular weight is 238 g/mol. The number of rotatable bonds is 4. The SMILES string of the molecule is N#Cc1ccncc1NCc1ccccc1CN. The third-order valence-corrected chi connectivity index (χ3v) is 2.75. The van der Waals surface area contributed by atoms with Gasteiger partial charge in [-0.2, -0.15) is 5.26 Å². The molecule has 2 rings (SSSR count). The number of anilines is 1. The Morgan fingerprint density at radius 3 is 2.72 bits per heavy atom. The molecule has 0 aliphatic heterocycles. The van der Waals surface area contributed by atoms with Crippen LogP contribution in [0.25, 0.3) is 0 Å². The van der Waals surface area contributed by atoms with E-state index in [0.717, 1.165) is 16.8 Å². The summed E-state index contributed by atoms with van der Waals surface area (Å²) in [5.74, 6) is 0. The molecule has 0 aliphatic rings. The van der Waals surface area contributed by atoms with Gasteiger partial charge in [-0.15, -0.1) is 0 Å². The fourth-order valence-corrected chi connectivity index (χ4v) is 1.75. The molecule has 0 fully saturated rings. The van der Waals surface area contributed by atoms with E-state index in [2.05, 4.69) is 16.4 Å². The van der Waals surface area contributed by atoms with Crippen molar-refractivity contribution in [1.82, 2.24) is 4.98 Å². The van der Waals surface area contributed by atoms with E-state index >= 15 is 0 Å². The number of nitrogens with two attached hydrogens (primary N) is 1. The molecule has 1 aromatic carbocycles. The molecule has 1 aromatic heterocycles. The molecule has 0 saturated carbocycles. The predicted molar refractivity (Wildman–Crippen MR) is 70.6 cm³/mol. The second-order valence-electron chi connectivity index (χ2n) is 3.86. The molecule has 18 heavy (non-hydrogen) atoms. The highest BCUT2D eigenvalue weighted by Crippen LogP contribution is 2.15. The van der Waals surface area contributed by atoms with Crippen molar-refractivity contribution in [3.05, 3.63) is 59.4 Å². The van der Waals surface area contributed by atoms with Crippen molar-refractivity contribution in [2.45, 2.75) is 13.1 Å². The monoisotopic (exact) mass is 238 g/mol. The number of benzene rings is 1. The van der Waals surface area contributed by atoms with Crippen LogP contribution in [0.2, 0.25) is 0 Å². The first-order valence-electron chi connectivity index (χ1n) is 5.70. The molecule has 0 saturated heterocycles. The molecule has 0 bridgehead atoms. The molecule has 0 spiro atoms. The molecule has 4 nitrogen and oxygen atoms in total. The van der Waals surface area contributed by atoms with Crippen LogP contribution in [0.4, 0.5) is 5.69 Å². The lowest BCUT2D eigenvalue weighted by molar-refractivity contribution is 1.01. The lowest BCUT2D eigenvalue weighted by Crippen LogP contribution is -2.07. The second-order valence-corrected chi connectivity index (χ2v) is 3.86. The van der Waals surface area contributed by atoms with Crippen LogP contribution in [0.3, 0.4) is 0 Å². The van der Waals surface area contributed by atoms with Crippen LogP contribution >= 0.6 is 0 Å². The van der Waals surface area contributed by atoms with Gasteiger partial charge in [-0.1, -0.05) is 24.3 Å². The normalized spacial score (nSPS) is 9.78. The Bertz CT molecular complexity index is 572. The zero-order valence-corrected chi connectivity index (χ0v) is 9.93. The van der Waals surface area contributed by atoms with E-state index in [1.807, 2.05) is 24.3 Å². The maximum Gasteiger partial charge on any atom is 0.101 e. The van der Waals surface area contributed by atoms with E-state index in [1.54, 1.807) is 18.5 Å². The summed E-state index contributed by atoms with van der Waals surface area (Å²) in [5.41, 5.74) is 9.25. The quantitative estimate of drug-likeness (QED) is 0.854. The van der Waals surface area contributed by atoms with Crippen molar-refractivity contribution in [2.24, 2.45) is 5.73 Å². The first kappa shape index (κ1) is 12.1. The van der Waals surface area contributed by atoms with Gasteiger partial charge in [-0.25, -0.2) is 0 Å². The Kier molecular flexibility index (Phi) is 3.90. The van der Waals surface area contributed by atoms with E-state index in [1.165, 1.54) is 0 Å². The van der Waals surface area contributed by atoms with Crippen LogP contribution in [-0.4, -0.2) is 4.98 Å². The minimum atomic E-state index is 0.510. The third kappa shape index (κ3) is 2.65. The Balaban J connectivity index is 2.14. The largest absolute Gasteiger partial charge is 0.379 e. The zero-order valence-electron chi connectivity index (χ0n) is 9.93. The second kappa shape index (κ2) is 5.80. The van der Waals surface area contributed by atoms with Crippen molar-refractivity contribution in [2.75, 3.05) is 5.32 Å². The van der Waals surface area contributed by atoms with E-state index in [-0.39, 0.29) is 0 Å². The number of nitrogens with zero attached hydrogens (tertiary/aromatic N) is 2. The number of nitrogens with one attached hydrogen (secondary N) is 1. The Labute approximate surface area is 106 Å². The first-order chi connectivity index (χ1) is 8.85. The lowest BCUT2D eigenvalue weighted by Gasteiger charge is -2.10. The number of hydrogen-bond donors (Lipinski definition) is 2. The van der Waals surface area contributed by atoms with Gasteiger partial charge < -0.3 is 11.1 Å². The Hall–Kier alpha value is -2.38. The molecule has 1 heterocycles. The number of nitriles is 1. The van der Waals surface area contributed by atoms with Gasteiger partial charge in [0.05, 0.1) is 17.4 Å².